The molecule has 0 aliphatic carbocycles. The maximum atomic E-state index is 5.95. The molecule has 0 unspecified atom stereocenters. The quantitative estimate of drug-likeness (QED) is 0.370. The van der Waals surface area contributed by atoms with E-state index >= 15 is 0 Å². The first kappa shape index (κ1) is 16.4. The van der Waals surface area contributed by atoms with Crippen LogP contribution in [0.4, 0.5) is 0 Å². The number of halogens is 1. The van der Waals surface area contributed by atoms with Crippen LogP contribution < -0.4 is 0 Å². The van der Waals surface area contributed by atoms with Crippen LogP contribution >= 0.6 is 23.4 Å². The van der Waals surface area contributed by atoms with Gasteiger partial charge < -0.3 is 9.97 Å². The Kier molecular flexibility index (Phi) is 4.11. The monoisotopic (exact) mass is 390 g/mol. The average molecular weight is 391 g/mol. The minimum atomic E-state index is 0.483. The standard InChI is InChI=1S/C21H15ClN4S/c22-12-13-9-10-17-18(11-13)24-20(23-17)14-5-1-4-8-19(14)27-21-25-15-6-2-3-7-16(15)26-21/h1-11H,12H2,(H,23,24)(H,25,26). The van der Waals surface area contributed by atoms with Crippen molar-refractivity contribution in [3.63, 3.8) is 0 Å². The smallest absolute Gasteiger partial charge is 0.171 e. The molecule has 27 heavy (non-hydrogen) atoms. The Balaban J connectivity index is 1.55. The summed E-state index contributed by atoms with van der Waals surface area (Å²) in [5.74, 6) is 1.33. The van der Waals surface area contributed by atoms with Crippen molar-refractivity contribution in [3.05, 3.63) is 72.3 Å². The number of fused-ring (bicyclic) bond motifs is 2. The zero-order valence-electron chi connectivity index (χ0n) is 14.2. The summed E-state index contributed by atoms with van der Waals surface area (Å²) >= 11 is 7.55. The van der Waals surface area contributed by atoms with E-state index in [1.807, 2.05) is 54.6 Å². The molecule has 5 rings (SSSR count). The Morgan fingerprint density at radius 3 is 2.52 bits per heavy atom. The lowest BCUT2D eigenvalue weighted by Crippen LogP contribution is -1.85. The van der Waals surface area contributed by atoms with Crippen LogP contribution in [0.3, 0.4) is 0 Å². The molecule has 0 bridgehead atoms. The molecule has 2 aromatic heterocycles. The van der Waals surface area contributed by atoms with Crippen molar-refractivity contribution in [1.82, 2.24) is 19.9 Å². The summed E-state index contributed by atoms with van der Waals surface area (Å²) in [4.78, 5) is 17.3. The highest BCUT2D eigenvalue weighted by molar-refractivity contribution is 7.99. The lowest BCUT2D eigenvalue weighted by atomic mass is 10.2. The van der Waals surface area contributed by atoms with Crippen LogP contribution in [-0.4, -0.2) is 19.9 Å². The summed E-state index contributed by atoms with van der Waals surface area (Å²) in [7, 11) is 0. The molecule has 0 aliphatic heterocycles. The number of nitrogens with zero attached hydrogens (tertiary/aromatic N) is 2. The first-order valence-electron chi connectivity index (χ1n) is 8.57. The van der Waals surface area contributed by atoms with E-state index in [-0.39, 0.29) is 0 Å². The molecule has 0 saturated heterocycles. The summed E-state index contributed by atoms with van der Waals surface area (Å²) in [5, 5.41) is 0.865. The van der Waals surface area contributed by atoms with E-state index in [9.17, 15) is 0 Å². The van der Waals surface area contributed by atoms with Crippen molar-refractivity contribution >= 4 is 45.4 Å². The summed E-state index contributed by atoms with van der Waals surface area (Å²) < 4.78 is 0. The number of hydrogen-bond acceptors (Lipinski definition) is 3. The predicted octanol–water partition coefficient (Wildman–Crippen LogP) is 6.00. The molecular weight excluding hydrogens is 376 g/mol. The number of H-pyrrole nitrogens is 2. The minimum absolute atomic E-state index is 0.483. The topological polar surface area (TPSA) is 57.4 Å². The van der Waals surface area contributed by atoms with Gasteiger partial charge in [0.2, 0.25) is 0 Å². The predicted molar refractivity (Wildman–Crippen MR) is 111 cm³/mol. The van der Waals surface area contributed by atoms with Gasteiger partial charge in [-0.25, -0.2) is 9.97 Å². The van der Waals surface area contributed by atoms with Crippen LogP contribution in [0.15, 0.2) is 76.8 Å². The van der Waals surface area contributed by atoms with E-state index in [0.29, 0.717) is 5.88 Å². The molecule has 6 heteroatoms. The fraction of sp³-hybridized carbons (Fsp3) is 0.0476. The largest absolute Gasteiger partial charge is 0.338 e. The van der Waals surface area contributed by atoms with Gasteiger partial charge in [-0.1, -0.05) is 48.2 Å². The Labute approximate surface area is 165 Å². The summed E-state index contributed by atoms with van der Waals surface area (Å²) in [6.45, 7) is 0. The Morgan fingerprint density at radius 1 is 0.815 bits per heavy atom. The third-order valence-electron chi connectivity index (χ3n) is 4.42. The minimum Gasteiger partial charge on any atom is -0.338 e. The highest BCUT2D eigenvalue weighted by atomic mass is 35.5. The molecule has 0 amide bonds. The molecular formula is C21H15ClN4S. The maximum absolute atomic E-state index is 5.95. The van der Waals surface area contributed by atoms with Crippen LogP contribution in [0.5, 0.6) is 0 Å². The number of alkyl halides is 1. The zero-order chi connectivity index (χ0) is 18.2. The van der Waals surface area contributed by atoms with Crippen LogP contribution in [0.1, 0.15) is 5.56 Å². The van der Waals surface area contributed by atoms with E-state index in [1.54, 1.807) is 11.8 Å². The van der Waals surface area contributed by atoms with Gasteiger partial charge in [0.25, 0.3) is 0 Å². The van der Waals surface area contributed by atoms with Gasteiger partial charge in [-0.05, 0) is 35.9 Å². The Morgan fingerprint density at radius 2 is 1.63 bits per heavy atom. The summed E-state index contributed by atoms with van der Waals surface area (Å²) in [6, 6.07) is 22.3. The van der Waals surface area contributed by atoms with Crippen molar-refractivity contribution in [2.45, 2.75) is 15.9 Å². The first-order valence-corrected chi connectivity index (χ1v) is 9.92. The number of imidazole rings is 2. The van der Waals surface area contributed by atoms with Crippen molar-refractivity contribution in [2.24, 2.45) is 0 Å². The van der Waals surface area contributed by atoms with E-state index in [4.69, 9.17) is 16.6 Å². The molecule has 5 aromatic rings. The van der Waals surface area contributed by atoms with Gasteiger partial charge in [-0.2, -0.15) is 0 Å². The third-order valence-corrected chi connectivity index (χ3v) is 5.69. The molecule has 3 aromatic carbocycles. The summed E-state index contributed by atoms with van der Waals surface area (Å²) in [6.07, 6.45) is 0. The Bertz CT molecular complexity index is 1220. The molecule has 0 atom stereocenters. The lowest BCUT2D eigenvalue weighted by molar-refractivity contribution is 1.08. The van der Waals surface area contributed by atoms with Gasteiger partial charge in [0.1, 0.15) is 5.82 Å². The van der Waals surface area contributed by atoms with Gasteiger partial charge >= 0.3 is 0 Å². The van der Waals surface area contributed by atoms with E-state index in [1.165, 1.54) is 0 Å². The fourth-order valence-electron chi connectivity index (χ4n) is 3.10. The molecule has 132 valence electrons. The van der Waals surface area contributed by atoms with Gasteiger partial charge in [0.05, 0.1) is 22.1 Å². The number of rotatable bonds is 4. The number of para-hydroxylation sites is 2. The van der Waals surface area contributed by atoms with Gasteiger partial charge in [0, 0.05) is 16.3 Å². The van der Waals surface area contributed by atoms with Crippen molar-refractivity contribution < 1.29 is 0 Å². The second-order valence-electron chi connectivity index (χ2n) is 6.23. The van der Waals surface area contributed by atoms with Crippen molar-refractivity contribution in [2.75, 3.05) is 0 Å². The maximum Gasteiger partial charge on any atom is 0.171 e. The second kappa shape index (κ2) is 6.76. The number of benzene rings is 3. The fourth-order valence-corrected chi connectivity index (χ4v) is 4.20. The highest BCUT2D eigenvalue weighted by Gasteiger charge is 2.13. The average Bonchev–Trinajstić information content (AvgIpc) is 3.31. The van der Waals surface area contributed by atoms with E-state index in [2.05, 4.69) is 27.1 Å². The van der Waals surface area contributed by atoms with Crippen LogP contribution in [0, 0.1) is 0 Å². The number of nitrogens with one attached hydrogen (secondary N) is 2. The molecule has 0 aliphatic rings. The van der Waals surface area contributed by atoms with Gasteiger partial charge in [0.15, 0.2) is 5.16 Å². The van der Waals surface area contributed by atoms with E-state index < -0.39 is 0 Å². The number of hydrogen-bond donors (Lipinski definition) is 2. The SMILES string of the molecule is ClCc1ccc2[nH]c(-c3ccccc3Sc3nc4ccccc4[nH]3)nc2c1. The van der Waals surface area contributed by atoms with Gasteiger partial charge in [-0.3, -0.25) is 0 Å². The molecule has 0 radical (unpaired) electrons. The molecule has 2 heterocycles. The first-order chi connectivity index (χ1) is 13.3. The van der Waals surface area contributed by atoms with Crippen molar-refractivity contribution in [3.8, 4) is 11.4 Å². The molecule has 4 nitrogen and oxygen atoms in total. The van der Waals surface area contributed by atoms with Crippen LogP contribution in [-0.2, 0) is 5.88 Å². The second-order valence-corrected chi connectivity index (χ2v) is 7.53. The molecule has 0 fully saturated rings. The summed E-state index contributed by atoms with van der Waals surface area (Å²) in [5.41, 5.74) is 6.04. The molecule has 0 saturated carbocycles. The Hall–Kier alpha value is -2.76. The number of aromatic nitrogens is 4. The van der Waals surface area contributed by atoms with Crippen LogP contribution in [0.2, 0.25) is 0 Å². The molecule has 2 N–H and O–H groups in total. The normalized spacial score (nSPS) is 11.4. The third kappa shape index (κ3) is 3.09. The van der Waals surface area contributed by atoms with Gasteiger partial charge in [-0.15, -0.1) is 11.6 Å². The lowest BCUT2D eigenvalue weighted by Gasteiger charge is -2.04. The van der Waals surface area contributed by atoms with E-state index in [0.717, 1.165) is 49.1 Å². The highest BCUT2D eigenvalue weighted by Crippen LogP contribution is 2.35. The number of aromatic amines is 2. The molecule has 0 spiro atoms. The van der Waals surface area contributed by atoms with Crippen molar-refractivity contribution in [1.29, 1.82) is 0 Å². The van der Waals surface area contributed by atoms with Crippen LogP contribution in [0.25, 0.3) is 33.5 Å². The zero-order valence-corrected chi connectivity index (χ0v) is 15.8.